The van der Waals surface area contributed by atoms with Gasteiger partial charge in [0.05, 0.1) is 11.8 Å². The molecule has 2 rings (SSSR count). The topological polar surface area (TPSA) is 95.0 Å². The number of nitrogens with zero attached hydrogens (tertiary/aromatic N) is 2. The molecule has 1 heterocycles. The van der Waals surface area contributed by atoms with Crippen molar-refractivity contribution in [2.45, 2.75) is 79.1 Å². The van der Waals surface area contributed by atoms with Crippen LogP contribution in [0, 0.1) is 5.82 Å². The van der Waals surface area contributed by atoms with Crippen molar-refractivity contribution in [2.24, 2.45) is 0 Å². The summed E-state index contributed by atoms with van der Waals surface area (Å²) < 4.78 is 29.5. The second kappa shape index (κ2) is 10.8. The number of aromatic nitrogens is 1. The number of imide groups is 1. The Hall–Kier alpha value is -3.49. The van der Waals surface area contributed by atoms with Crippen molar-refractivity contribution in [3.05, 3.63) is 59.2 Å². The molecule has 1 aromatic carbocycles. The minimum atomic E-state index is -1.04. The first kappa shape index (κ1) is 27.8. The van der Waals surface area contributed by atoms with Crippen molar-refractivity contribution in [1.82, 2.24) is 4.98 Å². The number of carbonyl (C=O) groups is 3. The molecule has 2 amide bonds. The van der Waals surface area contributed by atoms with Crippen LogP contribution in [-0.2, 0) is 20.6 Å². The Bertz CT molecular complexity index is 1040. The van der Waals surface area contributed by atoms with Gasteiger partial charge < -0.3 is 14.2 Å². The minimum absolute atomic E-state index is 0.140. The van der Waals surface area contributed by atoms with Gasteiger partial charge in [-0.3, -0.25) is 0 Å². The largest absolute Gasteiger partial charge is 0.458 e. The van der Waals surface area contributed by atoms with Gasteiger partial charge in [0.2, 0.25) is 0 Å². The van der Waals surface area contributed by atoms with Crippen LogP contribution in [-0.4, -0.2) is 40.4 Å². The number of benzene rings is 1. The Labute approximate surface area is 205 Å². The highest BCUT2D eigenvalue weighted by Crippen LogP contribution is 2.27. The number of hydrogen-bond donors (Lipinski definition) is 0. The number of anilines is 1. The number of pyridine rings is 1. The minimum Gasteiger partial charge on any atom is -0.458 e. The third-order valence-corrected chi connectivity index (χ3v) is 4.17. The van der Waals surface area contributed by atoms with Gasteiger partial charge in [-0.2, -0.15) is 4.90 Å². The summed E-state index contributed by atoms with van der Waals surface area (Å²) in [5.41, 5.74) is -0.941. The number of ether oxygens (including phenoxy) is 3. The Morgan fingerprint density at radius 2 is 1.43 bits per heavy atom. The summed E-state index contributed by atoms with van der Waals surface area (Å²) in [4.78, 5) is 44.1. The molecule has 0 atom stereocenters. The second-order valence-corrected chi connectivity index (χ2v) is 10.3. The lowest BCUT2D eigenvalue weighted by Crippen LogP contribution is -2.44. The van der Waals surface area contributed by atoms with Crippen LogP contribution in [0.25, 0.3) is 0 Å². The van der Waals surface area contributed by atoms with Crippen LogP contribution in [0.2, 0.25) is 0 Å². The Balaban J connectivity index is 2.64. The number of carbonyl (C=O) groups excluding carboxylic acids is 3. The molecule has 1 aromatic heterocycles. The molecular formula is C26H33FN2O6. The summed E-state index contributed by atoms with van der Waals surface area (Å²) in [5.74, 6) is -1.19. The Kier molecular flexibility index (Phi) is 8.59. The lowest BCUT2D eigenvalue weighted by molar-refractivity contribution is 0.0371. The van der Waals surface area contributed by atoms with Crippen molar-refractivity contribution < 1.29 is 33.0 Å². The molecule has 0 aliphatic carbocycles. The third kappa shape index (κ3) is 8.66. The molecule has 0 aliphatic rings. The fourth-order valence-corrected chi connectivity index (χ4v) is 2.91. The summed E-state index contributed by atoms with van der Waals surface area (Å²) in [5, 5.41) is 0. The molecule has 0 saturated carbocycles. The SMILES string of the molecule is CC(C)OC(=O)c1ncc(Cc2ccc(F)cc2)cc1N(C(=O)OC(C)(C)C)C(=O)OC(C)(C)C. The first-order chi connectivity index (χ1) is 16.1. The van der Waals surface area contributed by atoms with Gasteiger partial charge in [-0.15, -0.1) is 0 Å². The van der Waals surface area contributed by atoms with Gasteiger partial charge in [0.25, 0.3) is 0 Å². The number of rotatable bonds is 5. The molecule has 35 heavy (non-hydrogen) atoms. The van der Waals surface area contributed by atoms with Crippen molar-refractivity contribution in [2.75, 3.05) is 4.90 Å². The van der Waals surface area contributed by atoms with Gasteiger partial charge in [-0.25, -0.2) is 23.8 Å². The van der Waals surface area contributed by atoms with E-state index in [-0.39, 0.29) is 17.2 Å². The van der Waals surface area contributed by atoms with E-state index in [0.29, 0.717) is 16.9 Å². The van der Waals surface area contributed by atoms with Gasteiger partial charge in [0, 0.05) is 6.20 Å². The van der Waals surface area contributed by atoms with Crippen LogP contribution in [0.5, 0.6) is 0 Å². The number of amides is 2. The molecule has 190 valence electrons. The Morgan fingerprint density at radius 1 is 0.914 bits per heavy atom. The van der Waals surface area contributed by atoms with E-state index >= 15 is 0 Å². The fourth-order valence-electron chi connectivity index (χ4n) is 2.91. The maximum Gasteiger partial charge on any atom is 0.424 e. The zero-order valence-electron chi connectivity index (χ0n) is 21.5. The number of halogens is 1. The molecule has 9 heteroatoms. The van der Waals surface area contributed by atoms with E-state index in [9.17, 15) is 18.8 Å². The first-order valence-corrected chi connectivity index (χ1v) is 11.3. The number of hydrogen-bond acceptors (Lipinski definition) is 7. The first-order valence-electron chi connectivity index (χ1n) is 11.3. The Morgan fingerprint density at radius 3 is 1.89 bits per heavy atom. The van der Waals surface area contributed by atoms with Gasteiger partial charge in [0.15, 0.2) is 5.69 Å². The van der Waals surface area contributed by atoms with Gasteiger partial charge in [-0.1, -0.05) is 12.1 Å². The van der Waals surface area contributed by atoms with Gasteiger partial charge >= 0.3 is 18.2 Å². The van der Waals surface area contributed by atoms with E-state index < -0.39 is 35.5 Å². The highest BCUT2D eigenvalue weighted by atomic mass is 19.1. The maximum absolute atomic E-state index is 13.3. The van der Waals surface area contributed by atoms with Crippen LogP contribution in [0.3, 0.4) is 0 Å². The van der Waals surface area contributed by atoms with Crippen LogP contribution < -0.4 is 4.90 Å². The summed E-state index contributed by atoms with van der Waals surface area (Å²) in [6.45, 7) is 13.2. The van der Waals surface area contributed by atoms with Crippen molar-refractivity contribution in [3.8, 4) is 0 Å². The summed E-state index contributed by atoms with van der Waals surface area (Å²) in [6.07, 6.45) is -0.799. The molecule has 0 radical (unpaired) electrons. The lowest BCUT2D eigenvalue weighted by Gasteiger charge is -2.29. The van der Waals surface area contributed by atoms with E-state index in [1.165, 1.54) is 24.4 Å². The van der Waals surface area contributed by atoms with E-state index in [1.807, 2.05) is 0 Å². The van der Waals surface area contributed by atoms with Crippen LogP contribution >= 0.6 is 0 Å². The summed E-state index contributed by atoms with van der Waals surface area (Å²) in [7, 11) is 0. The van der Waals surface area contributed by atoms with Crippen LogP contribution in [0.1, 0.15) is 77.0 Å². The third-order valence-electron chi connectivity index (χ3n) is 4.17. The number of esters is 1. The molecule has 8 nitrogen and oxygen atoms in total. The normalized spacial score (nSPS) is 11.7. The van der Waals surface area contributed by atoms with Crippen LogP contribution in [0.4, 0.5) is 19.7 Å². The van der Waals surface area contributed by atoms with E-state index in [1.54, 1.807) is 67.5 Å². The zero-order chi connectivity index (χ0) is 26.6. The summed E-state index contributed by atoms with van der Waals surface area (Å²) in [6, 6.07) is 7.34. The molecule has 2 aromatic rings. The van der Waals surface area contributed by atoms with Gasteiger partial charge in [-0.05, 0) is 91.1 Å². The van der Waals surface area contributed by atoms with Crippen molar-refractivity contribution >= 4 is 23.8 Å². The van der Waals surface area contributed by atoms with Gasteiger partial charge in [0.1, 0.15) is 17.0 Å². The predicted molar refractivity (Wildman–Crippen MR) is 129 cm³/mol. The smallest absolute Gasteiger partial charge is 0.424 e. The molecular weight excluding hydrogens is 455 g/mol. The highest BCUT2D eigenvalue weighted by Gasteiger charge is 2.36. The predicted octanol–water partition coefficient (Wildman–Crippen LogP) is 6.05. The van der Waals surface area contributed by atoms with Crippen molar-refractivity contribution in [3.63, 3.8) is 0 Å². The standard InChI is InChI=1S/C26H33FN2O6/c1-16(2)33-22(30)21-20(14-18(15-28-21)13-17-9-11-19(27)12-10-17)29(23(31)34-25(3,4)5)24(32)35-26(6,7)8/h9-12,14-16H,13H2,1-8H3. The highest BCUT2D eigenvalue weighted by molar-refractivity contribution is 6.13. The molecule has 0 N–H and O–H groups in total. The molecule has 0 fully saturated rings. The average molecular weight is 489 g/mol. The molecule has 0 saturated heterocycles. The van der Waals surface area contributed by atoms with Crippen LogP contribution in [0.15, 0.2) is 36.5 Å². The second-order valence-electron chi connectivity index (χ2n) is 10.3. The fraction of sp³-hybridized carbons (Fsp3) is 0.462. The lowest BCUT2D eigenvalue weighted by atomic mass is 10.1. The monoisotopic (exact) mass is 488 g/mol. The molecule has 0 unspecified atom stereocenters. The van der Waals surface area contributed by atoms with E-state index in [4.69, 9.17) is 14.2 Å². The maximum atomic E-state index is 13.3. The van der Waals surface area contributed by atoms with E-state index in [0.717, 1.165) is 5.56 Å². The molecule has 0 spiro atoms. The van der Waals surface area contributed by atoms with E-state index in [2.05, 4.69) is 4.98 Å². The zero-order valence-corrected chi connectivity index (χ0v) is 21.5. The quantitative estimate of drug-likeness (QED) is 0.373. The van der Waals surface area contributed by atoms with Crippen molar-refractivity contribution in [1.29, 1.82) is 0 Å². The molecule has 0 bridgehead atoms. The summed E-state index contributed by atoms with van der Waals surface area (Å²) >= 11 is 0. The molecule has 0 aliphatic heterocycles. The average Bonchev–Trinajstić information content (AvgIpc) is 2.66.